The van der Waals surface area contributed by atoms with Gasteiger partial charge in [0.1, 0.15) is 0 Å². The molecule has 0 aliphatic carbocycles. The molecule has 2 heterocycles. The van der Waals surface area contributed by atoms with E-state index >= 15 is 0 Å². The predicted molar refractivity (Wildman–Crippen MR) is 77.3 cm³/mol. The second kappa shape index (κ2) is 5.14. The Kier molecular flexibility index (Phi) is 3.76. The quantitative estimate of drug-likeness (QED) is 0.887. The van der Waals surface area contributed by atoms with E-state index in [1.807, 2.05) is 12.4 Å². The Morgan fingerprint density at radius 3 is 2.78 bits per heavy atom. The number of nitrogens with zero attached hydrogens (tertiary/aromatic N) is 3. The lowest BCUT2D eigenvalue weighted by Gasteiger charge is -2.46. The molecule has 0 radical (unpaired) electrons. The Balaban J connectivity index is 2.14. The largest absolute Gasteiger partial charge is 0.384 e. The van der Waals surface area contributed by atoms with E-state index in [9.17, 15) is 0 Å². The monoisotopic (exact) mass is 248 g/mol. The van der Waals surface area contributed by atoms with E-state index in [4.69, 9.17) is 0 Å². The van der Waals surface area contributed by atoms with Gasteiger partial charge in [0.05, 0.1) is 23.8 Å². The van der Waals surface area contributed by atoms with Gasteiger partial charge < -0.3 is 10.2 Å². The molecule has 0 bridgehead atoms. The summed E-state index contributed by atoms with van der Waals surface area (Å²) < 4.78 is 0. The Bertz CT molecular complexity index is 403. The number of hydrogen-bond donors (Lipinski definition) is 1. The first-order chi connectivity index (χ1) is 8.53. The minimum Gasteiger partial charge on any atom is -0.384 e. The molecule has 0 saturated carbocycles. The van der Waals surface area contributed by atoms with Crippen molar-refractivity contribution in [3.05, 3.63) is 18.5 Å². The summed E-state index contributed by atoms with van der Waals surface area (Å²) in [6, 6.07) is 2.19. The lowest BCUT2D eigenvalue weighted by atomic mass is 9.99. The summed E-state index contributed by atoms with van der Waals surface area (Å²) in [5, 5.41) is 3.32. The summed E-state index contributed by atoms with van der Waals surface area (Å²) >= 11 is 0. The molecular weight excluding hydrogens is 224 g/mol. The molecular formula is C14H24N4. The Labute approximate surface area is 110 Å². The molecule has 1 N–H and O–H groups in total. The first-order valence-corrected chi connectivity index (χ1v) is 6.68. The van der Waals surface area contributed by atoms with Crippen molar-refractivity contribution in [3.8, 4) is 0 Å². The molecule has 1 aromatic rings. The van der Waals surface area contributed by atoms with E-state index in [2.05, 4.69) is 54.0 Å². The maximum atomic E-state index is 4.33. The van der Waals surface area contributed by atoms with Crippen molar-refractivity contribution in [2.24, 2.45) is 0 Å². The zero-order valence-corrected chi connectivity index (χ0v) is 11.9. The van der Waals surface area contributed by atoms with Crippen LogP contribution in [0.5, 0.6) is 0 Å². The molecule has 0 spiro atoms. The van der Waals surface area contributed by atoms with Crippen LogP contribution in [0.15, 0.2) is 18.5 Å². The van der Waals surface area contributed by atoms with Gasteiger partial charge in [-0.25, -0.2) is 0 Å². The van der Waals surface area contributed by atoms with Gasteiger partial charge in [-0.2, -0.15) is 0 Å². The van der Waals surface area contributed by atoms with Crippen molar-refractivity contribution in [2.75, 3.05) is 43.4 Å². The van der Waals surface area contributed by atoms with E-state index in [0.29, 0.717) is 0 Å². The summed E-state index contributed by atoms with van der Waals surface area (Å²) in [6.07, 6.45) is 3.84. The molecule has 1 aliphatic heterocycles. The van der Waals surface area contributed by atoms with E-state index in [1.165, 1.54) is 5.69 Å². The van der Waals surface area contributed by atoms with Gasteiger partial charge in [-0.1, -0.05) is 0 Å². The molecule has 18 heavy (non-hydrogen) atoms. The molecule has 0 amide bonds. The summed E-state index contributed by atoms with van der Waals surface area (Å²) in [4.78, 5) is 9.17. The minimum atomic E-state index is 0.215. The standard InChI is InChI=1S/C14H24N4/c1-5-16-12-8-13(10-15-9-12)18-7-6-17(4)14(2,3)11-18/h8-10,16H,5-7,11H2,1-4H3. The first-order valence-electron chi connectivity index (χ1n) is 6.68. The highest BCUT2D eigenvalue weighted by Crippen LogP contribution is 2.25. The first kappa shape index (κ1) is 13.1. The van der Waals surface area contributed by atoms with Gasteiger partial charge >= 0.3 is 0 Å². The highest BCUT2D eigenvalue weighted by molar-refractivity contribution is 5.56. The lowest BCUT2D eigenvalue weighted by Crippen LogP contribution is -2.57. The fourth-order valence-electron chi connectivity index (χ4n) is 2.36. The number of piperazine rings is 1. The van der Waals surface area contributed by atoms with Gasteiger partial charge in [-0.05, 0) is 33.9 Å². The Morgan fingerprint density at radius 2 is 2.11 bits per heavy atom. The minimum absolute atomic E-state index is 0.215. The van der Waals surface area contributed by atoms with Crippen molar-refractivity contribution in [3.63, 3.8) is 0 Å². The molecule has 1 aliphatic rings. The third-order valence-electron chi connectivity index (χ3n) is 3.79. The molecule has 1 fully saturated rings. The van der Waals surface area contributed by atoms with Crippen LogP contribution in [0.4, 0.5) is 11.4 Å². The second-order valence-electron chi connectivity index (χ2n) is 5.62. The highest BCUT2D eigenvalue weighted by Gasteiger charge is 2.31. The van der Waals surface area contributed by atoms with Gasteiger partial charge in [0.2, 0.25) is 0 Å². The Hall–Kier alpha value is -1.29. The van der Waals surface area contributed by atoms with Crippen LogP contribution < -0.4 is 10.2 Å². The van der Waals surface area contributed by atoms with Crippen LogP contribution in [0.25, 0.3) is 0 Å². The van der Waals surface area contributed by atoms with Gasteiger partial charge in [-0.3, -0.25) is 9.88 Å². The molecule has 0 unspecified atom stereocenters. The molecule has 1 saturated heterocycles. The smallest absolute Gasteiger partial charge is 0.0574 e. The number of rotatable bonds is 3. The zero-order valence-electron chi connectivity index (χ0n) is 11.9. The molecule has 100 valence electrons. The van der Waals surface area contributed by atoms with Gasteiger partial charge in [-0.15, -0.1) is 0 Å². The van der Waals surface area contributed by atoms with Gasteiger partial charge in [0.15, 0.2) is 0 Å². The van der Waals surface area contributed by atoms with Gasteiger partial charge in [0, 0.05) is 31.7 Å². The molecule has 0 atom stereocenters. The predicted octanol–water partition coefficient (Wildman–Crippen LogP) is 2.04. The number of likely N-dealkylation sites (N-methyl/N-ethyl adjacent to an activating group) is 1. The van der Waals surface area contributed by atoms with Crippen molar-refractivity contribution >= 4 is 11.4 Å². The van der Waals surface area contributed by atoms with E-state index in [0.717, 1.165) is 31.9 Å². The van der Waals surface area contributed by atoms with Crippen LogP contribution in [0, 0.1) is 0 Å². The fourth-order valence-corrected chi connectivity index (χ4v) is 2.36. The third kappa shape index (κ3) is 2.75. The lowest BCUT2D eigenvalue weighted by molar-refractivity contribution is 0.139. The molecule has 4 nitrogen and oxygen atoms in total. The summed E-state index contributed by atoms with van der Waals surface area (Å²) in [5.74, 6) is 0. The number of nitrogens with one attached hydrogen (secondary N) is 1. The normalized spacial score (nSPS) is 19.9. The summed E-state index contributed by atoms with van der Waals surface area (Å²) in [7, 11) is 2.20. The van der Waals surface area contributed by atoms with E-state index in [1.54, 1.807) is 0 Å². The molecule has 1 aromatic heterocycles. The molecule has 0 aromatic carbocycles. The van der Waals surface area contributed by atoms with Crippen LogP contribution >= 0.6 is 0 Å². The average Bonchev–Trinajstić information content (AvgIpc) is 2.33. The topological polar surface area (TPSA) is 31.4 Å². The third-order valence-corrected chi connectivity index (χ3v) is 3.79. The average molecular weight is 248 g/mol. The summed E-state index contributed by atoms with van der Waals surface area (Å²) in [5.41, 5.74) is 2.54. The number of hydrogen-bond acceptors (Lipinski definition) is 4. The maximum absolute atomic E-state index is 4.33. The van der Waals surface area contributed by atoms with Crippen LogP contribution in [0.1, 0.15) is 20.8 Å². The number of aromatic nitrogens is 1. The number of anilines is 2. The Morgan fingerprint density at radius 1 is 1.33 bits per heavy atom. The van der Waals surface area contributed by atoms with Crippen LogP contribution in [-0.2, 0) is 0 Å². The number of pyridine rings is 1. The second-order valence-corrected chi connectivity index (χ2v) is 5.62. The van der Waals surface area contributed by atoms with Crippen molar-refractivity contribution < 1.29 is 0 Å². The SMILES string of the molecule is CCNc1cncc(N2CCN(C)C(C)(C)C2)c1. The van der Waals surface area contributed by atoms with Gasteiger partial charge in [0.25, 0.3) is 0 Å². The van der Waals surface area contributed by atoms with Crippen LogP contribution in [-0.4, -0.2) is 48.6 Å². The van der Waals surface area contributed by atoms with Crippen LogP contribution in [0.2, 0.25) is 0 Å². The highest BCUT2D eigenvalue weighted by atomic mass is 15.3. The fraction of sp³-hybridized carbons (Fsp3) is 0.643. The van der Waals surface area contributed by atoms with Crippen molar-refractivity contribution in [1.29, 1.82) is 0 Å². The zero-order chi connectivity index (χ0) is 13.2. The van der Waals surface area contributed by atoms with Crippen molar-refractivity contribution in [2.45, 2.75) is 26.3 Å². The van der Waals surface area contributed by atoms with Crippen LogP contribution in [0.3, 0.4) is 0 Å². The maximum Gasteiger partial charge on any atom is 0.0574 e. The van der Waals surface area contributed by atoms with E-state index < -0.39 is 0 Å². The molecule has 4 heteroatoms. The summed E-state index contributed by atoms with van der Waals surface area (Å²) in [6.45, 7) is 10.8. The van der Waals surface area contributed by atoms with E-state index in [-0.39, 0.29) is 5.54 Å². The molecule has 2 rings (SSSR count). The van der Waals surface area contributed by atoms with Crippen molar-refractivity contribution in [1.82, 2.24) is 9.88 Å².